The molecule has 1 aromatic heterocycles. The van der Waals surface area contributed by atoms with Crippen LogP contribution in [0, 0.1) is 0 Å². The first-order chi connectivity index (χ1) is 8.34. The van der Waals surface area contributed by atoms with Crippen molar-refractivity contribution in [3.05, 3.63) is 54.4 Å². The molecule has 0 atom stereocenters. The first-order valence-corrected chi connectivity index (χ1v) is 5.72. The van der Waals surface area contributed by atoms with Gasteiger partial charge in [0, 0.05) is 24.1 Å². The molecule has 0 radical (unpaired) electrons. The smallest absolute Gasteiger partial charge is 0.121 e. The van der Waals surface area contributed by atoms with Gasteiger partial charge in [-0.2, -0.15) is 0 Å². The highest BCUT2D eigenvalue weighted by Gasteiger charge is 1.95. The van der Waals surface area contributed by atoms with Gasteiger partial charge in [0.2, 0.25) is 0 Å². The van der Waals surface area contributed by atoms with Crippen LogP contribution in [0.3, 0.4) is 0 Å². The molecule has 2 N–H and O–H groups in total. The molecule has 1 aromatic carbocycles. The molecule has 3 heteroatoms. The Morgan fingerprint density at radius 1 is 1.12 bits per heavy atom. The highest BCUT2D eigenvalue weighted by Crippen LogP contribution is 2.14. The summed E-state index contributed by atoms with van der Waals surface area (Å²) in [6.45, 7) is 0.700. The Morgan fingerprint density at radius 3 is 2.71 bits per heavy atom. The average Bonchev–Trinajstić information content (AvgIpc) is 2.36. The van der Waals surface area contributed by atoms with Gasteiger partial charge < -0.3 is 10.5 Å². The van der Waals surface area contributed by atoms with Crippen LogP contribution in [0.2, 0.25) is 0 Å². The predicted octanol–water partition coefficient (Wildman–Crippen LogP) is 2.68. The molecule has 0 saturated heterocycles. The lowest BCUT2D eigenvalue weighted by atomic mass is 10.1. The van der Waals surface area contributed by atoms with Crippen LogP contribution in [-0.2, 0) is 6.42 Å². The molecule has 0 amide bonds. The minimum atomic E-state index is 0.700. The second-order valence-corrected chi connectivity index (χ2v) is 3.88. The van der Waals surface area contributed by atoms with E-state index in [2.05, 4.69) is 4.98 Å². The Labute approximate surface area is 101 Å². The highest BCUT2D eigenvalue weighted by molar-refractivity contribution is 5.43. The summed E-state index contributed by atoms with van der Waals surface area (Å²) in [6, 6.07) is 11.6. The van der Waals surface area contributed by atoms with Crippen molar-refractivity contribution in [1.82, 2.24) is 4.98 Å². The summed E-state index contributed by atoms with van der Waals surface area (Å²) in [5.41, 5.74) is 7.69. The van der Waals surface area contributed by atoms with Crippen LogP contribution in [0.4, 0.5) is 5.69 Å². The second kappa shape index (κ2) is 5.89. The van der Waals surface area contributed by atoms with E-state index >= 15 is 0 Å². The maximum atomic E-state index is 5.67. The summed E-state index contributed by atoms with van der Waals surface area (Å²) in [5, 5.41) is 0. The number of pyridine rings is 1. The van der Waals surface area contributed by atoms with Crippen molar-refractivity contribution in [2.24, 2.45) is 0 Å². The van der Waals surface area contributed by atoms with Crippen molar-refractivity contribution in [3.63, 3.8) is 0 Å². The van der Waals surface area contributed by atoms with E-state index in [9.17, 15) is 0 Å². The van der Waals surface area contributed by atoms with E-state index in [0.29, 0.717) is 6.61 Å². The zero-order valence-electron chi connectivity index (χ0n) is 9.67. The topological polar surface area (TPSA) is 48.1 Å². The quantitative estimate of drug-likeness (QED) is 0.632. The van der Waals surface area contributed by atoms with Crippen LogP contribution in [-0.4, -0.2) is 11.6 Å². The predicted molar refractivity (Wildman–Crippen MR) is 68.9 cm³/mol. The molecule has 0 aliphatic rings. The third-order valence-corrected chi connectivity index (χ3v) is 2.49. The molecule has 0 spiro atoms. The van der Waals surface area contributed by atoms with E-state index in [1.807, 2.05) is 48.8 Å². The van der Waals surface area contributed by atoms with Crippen LogP contribution in [0.25, 0.3) is 0 Å². The molecule has 3 nitrogen and oxygen atoms in total. The number of aryl methyl sites for hydroxylation is 1. The number of hydrogen-bond donors (Lipinski definition) is 1. The molecule has 0 unspecified atom stereocenters. The van der Waals surface area contributed by atoms with Crippen molar-refractivity contribution in [1.29, 1.82) is 0 Å². The lowest BCUT2D eigenvalue weighted by Gasteiger charge is -2.06. The molecule has 0 bridgehead atoms. The summed E-state index contributed by atoms with van der Waals surface area (Å²) in [7, 11) is 0. The highest BCUT2D eigenvalue weighted by atomic mass is 16.5. The van der Waals surface area contributed by atoms with Gasteiger partial charge in [-0.05, 0) is 42.7 Å². The fourth-order valence-electron chi connectivity index (χ4n) is 1.62. The number of rotatable bonds is 5. The summed E-state index contributed by atoms with van der Waals surface area (Å²) in [4.78, 5) is 3.99. The Hall–Kier alpha value is -2.03. The van der Waals surface area contributed by atoms with Gasteiger partial charge in [0.25, 0.3) is 0 Å². The zero-order chi connectivity index (χ0) is 11.9. The molecule has 2 aromatic rings. The molecular formula is C14H16N2O. The molecular weight excluding hydrogens is 212 g/mol. The van der Waals surface area contributed by atoms with Gasteiger partial charge >= 0.3 is 0 Å². The van der Waals surface area contributed by atoms with Crippen LogP contribution in [0.5, 0.6) is 5.75 Å². The number of nitrogens with zero attached hydrogens (tertiary/aromatic N) is 1. The van der Waals surface area contributed by atoms with E-state index < -0.39 is 0 Å². The average molecular weight is 228 g/mol. The molecule has 1 heterocycles. The van der Waals surface area contributed by atoms with Crippen LogP contribution in [0.1, 0.15) is 12.0 Å². The summed E-state index contributed by atoms with van der Waals surface area (Å²) in [5.74, 6) is 0.833. The monoisotopic (exact) mass is 228 g/mol. The molecule has 17 heavy (non-hydrogen) atoms. The van der Waals surface area contributed by atoms with Gasteiger partial charge in [0.15, 0.2) is 0 Å². The van der Waals surface area contributed by atoms with E-state index in [1.54, 1.807) is 0 Å². The SMILES string of the molecule is Nc1cccc(OCCCc2ccncc2)c1. The lowest BCUT2D eigenvalue weighted by molar-refractivity contribution is 0.311. The fraction of sp³-hybridized carbons (Fsp3) is 0.214. The van der Waals surface area contributed by atoms with Gasteiger partial charge in [-0.3, -0.25) is 4.98 Å². The van der Waals surface area contributed by atoms with Crippen molar-refractivity contribution in [2.45, 2.75) is 12.8 Å². The minimum absolute atomic E-state index is 0.700. The lowest BCUT2D eigenvalue weighted by Crippen LogP contribution is -1.99. The number of nitrogens with two attached hydrogens (primary N) is 1. The van der Waals surface area contributed by atoms with Crippen molar-refractivity contribution < 1.29 is 4.74 Å². The normalized spacial score (nSPS) is 10.1. The number of ether oxygens (including phenoxy) is 1. The minimum Gasteiger partial charge on any atom is -0.494 e. The van der Waals surface area contributed by atoms with Crippen molar-refractivity contribution in [2.75, 3.05) is 12.3 Å². The summed E-state index contributed by atoms with van der Waals surface area (Å²) < 4.78 is 5.61. The Bertz CT molecular complexity index is 457. The molecule has 0 saturated carbocycles. The molecule has 0 aliphatic carbocycles. The Kier molecular flexibility index (Phi) is 3.97. The van der Waals surface area contributed by atoms with Gasteiger partial charge in [0.1, 0.15) is 5.75 Å². The van der Waals surface area contributed by atoms with E-state index in [1.165, 1.54) is 5.56 Å². The van der Waals surface area contributed by atoms with Crippen LogP contribution < -0.4 is 10.5 Å². The van der Waals surface area contributed by atoms with E-state index in [0.717, 1.165) is 24.3 Å². The van der Waals surface area contributed by atoms with Gasteiger partial charge in [-0.25, -0.2) is 0 Å². The zero-order valence-corrected chi connectivity index (χ0v) is 9.67. The summed E-state index contributed by atoms with van der Waals surface area (Å²) >= 11 is 0. The van der Waals surface area contributed by atoms with Crippen LogP contribution in [0.15, 0.2) is 48.8 Å². The molecule has 2 rings (SSSR count). The Morgan fingerprint density at radius 2 is 1.94 bits per heavy atom. The first-order valence-electron chi connectivity index (χ1n) is 5.72. The second-order valence-electron chi connectivity index (χ2n) is 3.88. The fourth-order valence-corrected chi connectivity index (χ4v) is 1.62. The molecule has 0 fully saturated rings. The van der Waals surface area contributed by atoms with E-state index in [-0.39, 0.29) is 0 Å². The Balaban J connectivity index is 1.73. The number of benzene rings is 1. The van der Waals surface area contributed by atoms with Crippen molar-refractivity contribution >= 4 is 5.69 Å². The van der Waals surface area contributed by atoms with E-state index in [4.69, 9.17) is 10.5 Å². The largest absolute Gasteiger partial charge is 0.494 e. The third kappa shape index (κ3) is 3.79. The number of hydrogen-bond acceptors (Lipinski definition) is 3. The van der Waals surface area contributed by atoms with Crippen LogP contribution >= 0.6 is 0 Å². The first kappa shape index (κ1) is 11.5. The summed E-state index contributed by atoms with van der Waals surface area (Å²) in [6.07, 6.45) is 5.62. The van der Waals surface area contributed by atoms with Gasteiger partial charge in [-0.1, -0.05) is 6.07 Å². The van der Waals surface area contributed by atoms with Crippen molar-refractivity contribution in [3.8, 4) is 5.75 Å². The maximum absolute atomic E-state index is 5.67. The third-order valence-electron chi connectivity index (χ3n) is 2.49. The number of nitrogen functional groups attached to an aromatic ring is 1. The maximum Gasteiger partial charge on any atom is 0.121 e. The number of anilines is 1. The van der Waals surface area contributed by atoms with Gasteiger partial charge in [-0.15, -0.1) is 0 Å². The molecule has 88 valence electrons. The number of aromatic nitrogens is 1. The standard InChI is InChI=1S/C14H16N2O/c15-13-4-1-5-14(11-13)17-10-2-3-12-6-8-16-9-7-12/h1,4-9,11H,2-3,10,15H2. The van der Waals surface area contributed by atoms with Gasteiger partial charge in [0.05, 0.1) is 6.61 Å². The molecule has 0 aliphatic heterocycles.